The van der Waals surface area contributed by atoms with Crippen molar-refractivity contribution in [2.24, 2.45) is 0 Å². The van der Waals surface area contributed by atoms with Crippen LogP contribution in [0.5, 0.6) is 0 Å². The number of carbonyl (C=O) groups is 3. The Labute approximate surface area is 162 Å². The van der Waals surface area contributed by atoms with Gasteiger partial charge in [-0.3, -0.25) is 14.4 Å². The molecule has 1 fully saturated rings. The molecule has 27 heavy (non-hydrogen) atoms. The molecule has 1 saturated heterocycles. The third-order valence-corrected chi connectivity index (χ3v) is 5.15. The maximum atomic E-state index is 12.3. The lowest BCUT2D eigenvalue weighted by Gasteiger charge is -2.34. The second-order valence-corrected chi connectivity index (χ2v) is 7.06. The molecule has 140 valence electrons. The maximum Gasteiger partial charge on any atom is 0.264 e. The average Bonchev–Trinajstić information content (AvgIpc) is 3.25. The van der Waals surface area contributed by atoms with E-state index < -0.39 is 0 Å². The highest BCUT2D eigenvalue weighted by Gasteiger charge is 2.25. The van der Waals surface area contributed by atoms with Crippen LogP contribution < -0.4 is 5.32 Å². The Hall–Kier alpha value is -2.93. The fourth-order valence-electron chi connectivity index (χ4n) is 2.78. The van der Waals surface area contributed by atoms with Crippen molar-refractivity contribution >= 4 is 35.1 Å². The zero-order chi connectivity index (χ0) is 19.1. The second kappa shape index (κ2) is 9.14. The van der Waals surface area contributed by atoms with Crippen LogP contribution in [0.15, 0.2) is 53.9 Å². The van der Waals surface area contributed by atoms with Gasteiger partial charge in [0.05, 0.1) is 11.4 Å². The number of nitrogens with zero attached hydrogens (tertiary/aromatic N) is 2. The summed E-state index contributed by atoms with van der Waals surface area (Å²) >= 11 is 1.42. The summed E-state index contributed by atoms with van der Waals surface area (Å²) in [5, 5.41) is 4.49. The Balaban J connectivity index is 1.41. The zero-order valence-corrected chi connectivity index (χ0v) is 15.7. The molecule has 6 nitrogen and oxygen atoms in total. The number of hydrogen-bond acceptors (Lipinski definition) is 4. The highest BCUT2D eigenvalue weighted by atomic mass is 32.1. The number of piperazine rings is 1. The Bertz CT molecular complexity index is 810. The van der Waals surface area contributed by atoms with Crippen molar-refractivity contribution in [1.29, 1.82) is 0 Å². The lowest BCUT2D eigenvalue weighted by Crippen LogP contribution is -2.52. The summed E-state index contributed by atoms with van der Waals surface area (Å²) in [6, 6.07) is 13.1. The molecule has 0 spiro atoms. The van der Waals surface area contributed by atoms with Crippen LogP contribution in [0.1, 0.15) is 15.2 Å². The highest BCUT2D eigenvalue weighted by molar-refractivity contribution is 7.12. The van der Waals surface area contributed by atoms with Crippen molar-refractivity contribution in [3.05, 3.63) is 64.4 Å². The van der Waals surface area contributed by atoms with E-state index in [2.05, 4.69) is 5.32 Å². The molecular formula is C20H21N3O3S. The fraction of sp³-hybridized carbons (Fsp3) is 0.250. The zero-order valence-electron chi connectivity index (χ0n) is 14.8. The van der Waals surface area contributed by atoms with Gasteiger partial charge < -0.3 is 15.1 Å². The second-order valence-electron chi connectivity index (χ2n) is 6.11. The van der Waals surface area contributed by atoms with Crippen LogP contribution in [0.25, 0.3) is 6.08 Å². The Morgan fingerprint density at radius 1 is 0.963 bits per heavy atom. The predicted octanol–water partition coefficient (Wildman–Crippen LogP) is 1.86. The topological polar surface area (TPSA) is 69.7 Å². The summed E-state index contributed by atoms with van der Waals surface area (Å²) < 4.78 is 0. The largest absolute Gasteiger partial charge is 0.343 e. The van der Waals surface area contributed by atoms with Crippen LogP contribution in [-0.4, -0.2) is 60.2 Å². The quantitative estimate of drug-likeness (QED) is 0.802. The van der Waals surface area contributed by atoms with Gasteiger partial charge in [0.15, 0.2) is 0 Å². The average molecular weight is 383 g/mol. The van der Waals surface area contributed by atoms with Gasteiger partial charge in [0.2, 0.25) is 11.8 Å². The molecule has 1 aliphatic heterocycles. The first-order valence-corrected chi connectivity index (χ1v) is 9.63. The van der Waals surface area contributed by atoms with Gasteiger partial charge in [-0.2, -0.15) is 0 Å². The van der Waals surface area contributed by atoms with E-state index in [1.165, 1.54) is 17.4 Å². The minimum absolute atomic E-state index is 0.0106. The number of rotatable bonds is 5. The van der Waals surface area contributed by atoms with E-state index in [9.17, 15) is 14.4 Å². The number of nitrogens with one attached hydrogen (secondary N) is 1. The van der Waals surface area contributed by atoms with Crippen molar-refractivity contribution in [2.75, 3.05) is 32.7 Å². The molecule has 1 aromatic carbocycles. The minimum Gasteiger partial charge on any atom is -0.343 e. The lowest BCUT2D eigenvalue weighted by molar-refractivity contribution is -0.133. The summed E-state index contributed by atoms with van der Waals surface area (Å²) in [4.78, 5) is 40.6. The minimum atomic E-state index is -0.307. The molecule has 0 bridgehead atoms. The maximum absolute atomic E-state index is 12.3. The van der Waals surface area contributed by atoms with E-state index in [4.69, 9.17) is 0 Å². The molecule has 3 rings (SSSR count). The monoisotopic (exact) mass is 383 g/mol. The lowest BCUT2D eigenvalue weighted by atomic mass is 10.2. The van der Waals surface area contributed by atoms with Gasteiger partial charge in [-0.25, -0.2) is 0 Å². The molecule has 0 unspecified atom stereocenters. The molecular weight excluding hydrogens is 362 g/mol. The molecule has 0 saturated carbocycles. The van der Waals surface area contributed by atoms with Crippen LogP contribution in [0.3, 0.4) is 0 Å². The van der Waals surface area contributed by atoms with E-state index in [0.29, 0.717) is 31.1 Å². The van der Waals surface area contributed by atoms with Gasteiger partial charge in [-0.15, -0.1) is 11.3 Å². The smallest absolute Gasteiger partial charge is 0.264 e. The Morgan fingerprint density at radius 3 is 2.33 bits per heavy atom. The summed E-state index contributed by atoms with van der Waals surface area (Å²) in [6.45, 7) is 1.92. The van der Waals surface area contributed by atoms with Crippen LogP contribution in [0, 0.1) is 0 Å². The van der Waals surface area contributed by atoms with E-state index >= 15 is 0 Å². The Kier molecular flexibility index (Phi) is 6.38. The molecule has 1 N–H and O–H groups in total. The van der Waals surface area contributed by atoms with Gasteiger partial charge in [0, 0.05) is 32.3 Å². The van der Waals surface area contributed by atoms with Crippen LogP contribution in [0.2, 0.25) is 0 Å². The standard InChI is InChI=1S/C20H21N3O3S/c24-18(9-8-16-5-2-1-3-6-16)21-15-19(25)22-10-12-23(13-11-22)20(26)17-7-4-14-27-17/h1-9,14H,10-13,15H2,(H,21,24)/b9-8+. The first-order valence-electron chi connectivity index (χ1n) is 8.75. The van der Waals surface area contributed by atoms with Gasteiger partial charge in [-0.05, 0) is 23.1 Å². The third-order valence-electron chi connectivity index (χ3n) is 4.29. The van der Waals surface area contributed by atoms with Crippen LogP contribution >= 0.6 is 11.3 Å². The van der Waals surface area contributed by atoms with E-state index in [-0.39, 0.29) is 24.3 Å². The summed E-state index contributed by atoms with van der Waals surface area (Å²) in [6.07, 6.45) is 3.12. The van der Waals surface area contributed by atoms with Crippen molar-refractivity contribution < 1.29 is 14.4 Å². The normalized spacial score (nSPS) is 14.4. The molecule has 3 amide bonds. The SMILES string of the molecule is O=C(/C=C/c1ccccc1)NCC(=O)N1CCN(C(=O)c2cccs2)CC1. The number of hydrogen-bond donors (Lipinski definition) is 1. The number of amides is 3. The molecule has 2 heterocycles. The van der Waals surface area contributed by atoms with Gasteiger partial charge in [-0.1, -0.05) is 36.4 Å². The highest BCUT2D eigenvalue weighted by Crippen LogP contribution is 2.13. The molecule has 0 atom stereocenters. The van der Waals surface area contributed by atoms with Crippen molar-refractivity contribution in [1.82, 2.24) is 15.1 Å². The summed E-state index contributed by atoms with van der Waals surface area (Å²) in [5.41, 5.74) is 0.922. The van der Waals surface area contributed by atoms with Crippen molar-refractivity contribution in [3.63, 3.8) is 0 Å². The molecule has 0 aliphatic carbocycles. The van der Waals surface area contributed by atoms with Crippen molar-refractivity contribution in [2.45, 2.75) is 0 Å². The summed E-state index contributed by atoms with van der Waals surface area (Å²) in [7, 11) is 0. The number of benzene rings is 1. The molecule has 7 heteroatoms. The van der Waals surface area contributed by atoms with E-state index in [1.54, 1.807) is 15.9 Å². The predicted molar refractivity (Wildman–Crippen MR) is 105 cm³/mol. The van der Waals surface area contributed by atoms with Gasteiger partial charge in [0.1, 0.15) is 0 Å². The first kappa shape index (κ1) is 18.8. The van der Waals surface area contributed by atoms with Crippen molar-refractivity contribution in [3.8, 4) is 0 Å². The van der Waals surface area contributed by atoms with Gasteiger partial charge in [0.25, 0.3) is 5.91 Å². The van der Waals surface area contributed by atoms with Crippen LogP contribution in [-0.2, 0) is 9.59 Å². The Morgan fingerprint density at radius 2 is 1.67 bits per heavy atom. The molecule has 1 aliphatic rings. The van der Waals surface area contributed by atoms with E-state index in [1.807, 2.05) is 47.8 Å². The first-order chi connectivity index (χ1) is 13.1. The summed E-state index contributed by atoms with van der Waals surface area (Å²) in [5.74, 6) is -0.435. The molecule has 2 aromatic rings. The fourth-order valence-corrected chi connectivity index (χ4v) is 3.48. The molecule has 0 radical (unpaired) electrons. The molecule has 1 aromatic heterocycles. The number of carbonyl (C=O) groups excluding carboxylic acids is 3. The third kappa shape index (κ3) is 5.27. The van der Waals surface area contributed by atoms with Crippen LogP contribution in [0.4, 0.5) is 0 Å². The van der Waals surface area contributed by atoms with E-state index in [0.717, 1.165) is 5.56 Å². The number of thiophene rings is 1. The van der Waals surface area contributed by atoms with Gasteiger partial charge >= 0.3 is 0 Å².